The minimum atomic E-state index is -4.74. The molecule has 0 fully saturated rings. The van der Waals surface area contributed by atoms with Gasteiger partial charge in [-0.3, -0.25) is 23.4 Å². The van der Waals surface area contributed by atoms with Crippen molar-refractivity contribution in [3.8, 4) is 0 Å². The van der Waals surface area contributed by atoms with Crippen molar-refractivity contribution in [2.24, 2.45) is 0 Å². The van der Waals surface area contributed by atoms with E-state index in [0.29, 0.717) is 19.3 Å². The molecule has 0 saturated heterocycles. The van der Waals surface area contributed by atoms with Gasteiger partial charge >= 0.3 is 25.7 Å². The highest BCUT2D eigenvalue weighted by molar-refractivity contribution is 7.47. The topological polar surface area (TPSA) is 155 Å². The monoisotopic (exact) mass is 1070 g/mol. The van der Waals surface area contributed by atoms with Gasteiger partial charge < -0.3 is 24.2 Å². The van der Waals surface area contributed by atoms with Crippen LogP contribution in [-0.4, -0.2) is 66.5 Å². The predicted octanol–water partition coefficient (Wildman–Crippen LogP) is 18.8. The van der Waals surface area contributed by atoms with Crippen LogP contribution in [0.5, 0.6) is 0 Å². The summed E-state index contributed by atoms with van der Waals surface area (Å²) in [5.74, 6) is -1.43. The molecule has 0 heterocycles. The van der Waals surface area contributed by atoms with E-state index >= 15 is 0 Å². The molecule has 74 heavy (non-hydrogen) atoms. The summed E-state index contributed by atoms with van der Waals surface area (Å²) in [5.41, 5.74) is 0. The number of carbonyl (C=O) groups excluding carboxylic acids is 3. The number of allylic oxidation sites excluding steroid dienone is 2. The Balaban J connectivity index is 4.58. The van der Waals surface area contributed by atoms with E-state index in [-0.39, 0.29) is 25.9 Å². The summed E-state index contributed by atoms with van der Waals surface area (Å²) in [6.45, 7) is 4.71. The van der Waals surface area contributed by atoms with Gasteiger partial charge in [-0.05, 0) is 44.9 Å². The fourth-order valence-corrected chi connectivity index (χ4v) is 10.1. The smallest absolute Gasteiger partial charge is 0.462 e. The van der Waals surface area contributed by atoms with Crippen molar-refractivity contribution < 1.29 is 52.2 Å². The molecule has 0 radical (unpaired) electrons. The number of hydrogen-bond acceptors (Lipinski definition) is 10. The molecule has 0 aliphatic carbocycles. The Bertz CT molecular complexity index is 1290. The van der Waals surface area contributed by atoms with Crippen LogP contribution in [0.25, 0.3) is 0 Å². The highest BCUT2D eigenvalue weighted by atomic mass is 31.2. The highest BCUT2D eigenvalue weighted by Crippen LogP contribution is 2.43. The molecule has 0 aromatic heterocycles. The first-order chi connectivity index (χ1) is 36.2. The molecule has 0 aliphatic heterocycles. The third-order valence-corrected chi connectivity index (χ3v) is 15.1. The fraction of sp³-hybridized carbons (Fsp3) is 0.919. The largest absolute Gasteiger partial charge is 0.472 e. The number of unbranched alkanes of at least 4 members (excludes halogenated alkanes) is 41. The van der Waals surface area contributed by atoms with Crippen LogP contribution in [0, 0.1) is 0 Å². The minimum Gasteiger partial charge on any atom is -0.462 e. The lowest BCUT2D eigenvalue weighted by Gasteiger charge is -2.21. The van der Waals surface area contributed by atoms with Crippen molar-refractivity contribution in [2.45, 2.75) is 341 Å². The molecule has 0 saturated carbocycles. The first-order valence-electron chi connectivity index (χ1n) is 31.6. The number of carbonyl (C=O) groups is 3. The van der Waals surface area contributed by atoms with Gasteiger partial charge in [0.25, 0.3) is 0 Å². The molecular weight excluding hydrogens is 952 g/mol. The summed E-state index contributed by atoms with van der Waals surface area (Å²) in [7, 11) is -4.74. The van der Waals surface area contributed by atoms with E-state index in [1.807, 2.05) is 0 Å². The molecule has 0 amide bonds. The highest BCUT2D eigenvalue weighted by Gasteiger charge is 2.28. The molecule has 0 spiro atoms. The van der Waals surface area contributed by atoms with Crippen LogP contribution in [0.2, 0.25) is 0 Å². The molecule has 3 atom stereocenters. The molecule has 11 nitrogen and oxygen atoms in total. The summed E-state index contributed by atoms with van der Waals surface area (Å²) in [6, 6.07) is 0. The summed E-state index contributed by atoms with van der Waals surface area (Å²) >= 11 is 0. The Morgan fingerprint density at radius 2 is 0.622 bits per heavy atom. The van der Waals surface area contributed by atoms with E-state index in [4.69, 9.17) is 23.3 Å². The van der Waals surface area contributed by atoms with Gasteiger partial charge in [0, 0.05) is 19.3 Å². The van der Waals surface area contributed by atoms with Crippen LogP contribution in [-0.2, 0) is 42.2 Å². The van der Waals surface area contributed by atoms with Gasteiger partial charge in [0.2, 0.25) is 0 Å². The Morgan fingerprint density at radius 3 is 0.932 bits per heavy atom. The van der Waals surface area contributed by atoms with Gasteiger partial charge in [-0.1, -0.05) is 277 Å². The van der Waals surface area contributed by atoms with Gasteiger partial charge in [0.1, 0.15) is 12.7 Å². The van der Waals surface area contributed by atoms with E-state index in [1.54, 1.807) is 0 Å². The van der Waals surface area contributed by atoms with Crippen molar-refractivity contribution in [3.63, 3.8) is 0 Å². The molecule has 0 aromatic rings. The van der Waals surface area contributed by atoms with Crippen molar-refractivity contribution in [1.82, 2.24) is 0 Å². The molecule has 0 bridgehead atoms. The first-order valence-corrected chi connectivity index (χ1v) is 33.1. The molecule has 0 rings (SSSR count). The van der Waals surface area contributed by atoms with Crippen LogP contribution in [0.1, 0.15) is 329 Å². The number of rotatable bonds is 60. The second kappa shape index (κ2) is 57.4. The Labute approximate surface area is 456 Å². The van der Waals surface area contributed by atoms with Crippen LogP contribution in [0.3, 0.4) is 0 Å². The zero-order chi connectivity index (χ0) is 54.1. The van der Waals surface area contributed by atoms with Gasteiger partial charge in [-0.2, -0.15) is 0 Å². The molecule has 0 aromatic carbocycles. The van der Waals surface area contributed by atoms with Crippen LogP contribution >= 0.6 is 7.82 Å². The van der Waals surface area contributed by atoms with Gasteiger partial charge in [-0.15, -0.1) is 0 Å². The Morgan fingerprint density at radius 1 is 0.365 bits per heavy atom. The first kappa shape index (κ1) is 72.2. The second-order valence-corrected chi connectivity index (χ2v) is 23.0. The summed E-state index contributed by atoms with van der Waals surface area (Å²) in [6.07, 6.45) is 57.4. The number of phosphoric acid groups is 1. The van der Waals surface area contributed by atoms with Gasteiger partial charge in [0.15, 0.2) is 6.10 Å². The lowest BCUT2D eigenvalue weighted by molar-refractivity contribution is -0.161. The SMILES string of the molecule is CCCCCCCC/C=C\CCCCCCCCCCCC(=O)OC(COC(=O)CCCCCCCCCCCCC)COP(=O)(O)OCC(CO)OC(=O)CCCCCCCCCCCCCCCCCCC. The Hall–Kier alpha value is -1.78. The normalized spacial score (nSPS) is 13.3. The molecule has 3 unspecified atom stereocenters. The van der Waals surface area contributed by atoms with Crippen molar-refractivity contribution >= 4 is 25.7 Å². The number of aliphatic hydroxyl groups is 1. The Kier molecular flexibility index (Phi) is 56.0. The lowest BCUT2D eigenvalue weighted by Crippen LogP contribution is -2.30. The third-order valence-electron chi connectivity index (χ3n) is 14.2. The molecule has 0 aliphatic rings. The zero-order valence-electron chi connectivity index (χ0n) is 48.6. The standard InChI is InChI=1S/C62H119O11P/c1-4-7-10-13-16-19-22-24-26-28-29-31-33-35-38-41-44-47-50-53-62(66)73-59(55-69-60(64)51-48-45-42-39-36-21-18-15-12-9-6-3)57-71-74(67,68)70-56-58(54-63)72-61(65)52-49-46-43-40-37-34-32-30-27-25-23-20-17-14-11-8-5-2/h24,26,58-59,63H,4-23,25,27-57H2,1-3H3,(H,67,68)/b26-24-. The molecule has 2 N–H and O–H groups in total. The fourth-order valence-electron chi connectivity index (χ4n) is 9.35. The summed E-state index contributed by atoms with van der Waals surface area (Å²) in [5, 5.41) is 9.84. The van der Waals surface area contributed by atoms with E-state index in [1.165, 1.54) is 212 Å². The van der Waals surface area contributed by atoms with Crippen molar-refractivity contribution in [3.05, 3.63) is 12.2 Å². The zero-order valence-corrected chi connectivity index (χ0v) is 49.5. The third kappa shape index (κ3) is 55.0. The maximum atomic E-state index is 12.9. The van der Waals surface area contributed by atoms with E-state index < -0.39 is 57.8 Å². The predicted molar refractivity (Wildman–Crippen MR) is 307 cm³/mol. The lowest BCUT2D eigenvalue weighted by atomic mass is 10.0. The summed E-state index contributed by atoms with van der Waals surface area (Å²) < 4.78 is 39.6. The number of esters is 3. The van der Waals surface area contributed by atoms with E-state index in [2.05, 4.69) is 32.9 Å². The number of phosphoric ester groups is 1. The van der Waals surface area contributed by atoms with Gasteiger partial charge in [-0.25, -0.2) is 4.57 Å². The maximum absolute atomic E-state index is 12.9. The number of ether oxygens (including phenoxy) is 3. The molecule has 12 heteroatoms. The van der Waals surface area contributed by atoms with E-state index in [0.717, 1.165) is 57.8 Å². The molecular formula is C62H119O11P. The number of hydrogen-bond donors (Lipinski definition) is 2. The van der Waals surface area contributed by atoms with Crippen LogP contribution in [0.15, 0.2) is 12.2 Å². The van der Waals surface area contributed by atoms with Gasteiger partial charge in [0.05, 0.1) is 19.8 Å². The summed E-state index contributed by atoms with van der Waals surface area (Å²) in [4.78, 5) is 48.6. The van der Waals surface area contributed by atoms with Crippen molar-refractivity contribution in [2.75, 3.05) is 26.4 Å². The quantitative estimate of drug-likeness (QED) is 0.0197. The van der Waals surface area contributed by atoms with Crippen LogP contribution in [0.4, 0.5) is 0 Å². The average molecular weight is 1070 g/mol. The average Bonchev–Trinajstić information content (AvgIpc) is 3.39. The van der Waals surface area contributed by atoms with E-state index in [9.17, 15) is 28.9 Å². The molecule has 438 valence electrons. The number of aliphatic hydroxyl groups excluding tert-OH is 1. The maximum Gasteiger partial charge on any atom is 0.472 e. The second-order valence-electron chi connectivity index (χ2n) is 21.6. The van der Waals surface area contributed by atoms with Crippen molar-refractivity contribution in [1.29, 1.82) is 0 Å². The minimum absolute atomic E-state index is 0.172. The van der Waals surface area contributed by atoms with Crippen LogP contribution < -0.4 is 0 Å².